The van der Waals surface area contributed by atoms with Crippen LogP contribution in [-0.2, 0) is 5.41 Å². The molecule has 10 aromatic carbocycles. The maximum Gasteiger partial charge on any atom is 0.145 e. The minimum atomic E-state index is -0.177. The third-order valence-electron chi connectivity index (χ3n) is 14.0. The predicted molar refractivity (Wildman–Crippen MR) is 277 cm³/mol. The highest BCUT2D eigenvalue weighted by Crippen LogP contribution is 2.52. The Morgan fingerprint density at radius 3 is 1.55 bits per heavy atom. The van der Waals surface area contributed by atoms with E-state index >= 15 is 0 Å². The van der Waals surface area contributed by atoms with Crippen LogP contribution >= 0.6 is 0 Å². The lowest BCUT2D eigenvalue weighted by atomic mass is 9.81. The number of furan rings is 1. The molecule has 0 aliphatic heterocycles. The number of nitrogens with zero attached hydrogens (tertiary/aromatic N) is 2. The van der Waals surface area contributed by atoms with Gasteiger partial charge in [0.05, 0.1) is 16.4 Å². The van der Waals surface area contributed by atoms with Gasteiger partial charge in [-0.3, -0.25) is 0 Å². The Hall–Kier alpha value is -8.40. The zero-order valence-corrected chi connectivity index (χ0v) is 36.7. The lowest BCUT2D eigenvalue weighted by Crippen LogP contribution is -2.16. The van der Waals surface area contributed by atoms with Gasteiger partial charge < -0.3 is 13.9 Å². The summed E-state index contributed by atoms with van der Waals surface area (Å²) >= 11 is 0. The first-order valence-corrected chi connectivity index (χ1v) is 22.8. The second-order valence-corrected chi connectivity index (χ2v) is 18.1. The van der Waals surface area contributed by atoms with Crippen molar-refractivity contribution in [2.45, 2.75) is 19.3 Å². The molecule has 0 unspecified atom stereocenters. The van der Waals surface area contributed by atoms with Gasteiger partial charge in [-0.2, -0.15) is 0 Å². The zero-order valence-electron chi connectivity index (χ0n) is 36.7. The lowest BCUT2D eigenvalue weighted by Gasteiger charge is -2.28. The Bertz CT molecular complexity index is 3800. The molecule has 0 fully saturated rings. The molecule has 0 atom stereocenters. The van der Waals surface area contributed by atoms with E-state index in [0.717, 1.165) is 72.2 Å². The average molecular weight is 845 g/mol. The first-order chi connectivity index (χ1) is 32.5. The van der Waals surface area contributed by atoms with Crippen LogP contribution in [-0.4, -0.2) is 4.57 Å². The van der Waals surface area contributed by atoms with Gasteiger partial charge in [0, 0.05) is 44.3 Å². The number of aromatic nitrogens is 1. The van der Waals surface area contributed by atoms with Crippen LogP contribution in [0.3, 0.4) is 0 Å². The van der Waals surface area contributed by atoms with Gasteiger partial charge in [-0.1, -0.05) is 166 Å². The fourth-order valence-corrected chi connectivity index (χ4v) is 10.7. The Kier molecular flexibility index (Phi) is 8.56. The molecule has 3 nitrogen and oxygen atoms in total. The molecule has 0 radical (unpaired) electrons. The van der Waals surface area contributed by atoms with Crippen molar-refractivity contribution in [2.24, 2.45) is 0 Å². The van der Waals surface area contributed by atoms with Crippen LogP contribution < -0.4 is 4.90 Å². The molecule has 1 aliphatic carbocycles. The smallest absolute Gasteiger partial charge is 0.145 e. The molecule has 0 bridgehead atoms. The number of hydrogen-bond donors (Lipinski definition) is 0. The molecule has 13 rings (SSSR count). The predicted octanol–water partition coefficient (Wildman–Crippen LogP) is 17.5. The SMILES string of the molecule is CC1(C)c2cc(-c3ccccc3)ccc2-c2ccc(N(c3ccc(-c4ccccc4)cc3)c3ccc(-c4ccc(-n5c6ccccc6c6c7oc8ccccc8c7ccc65)cc4)cc3)cc21. The standard InChI is InChI=1S/C63H44N2O/c1-63(2)56-39-46(42-15-7-4-8-16-42)27-35-51(56)52-36-34-50(40-57(52)63)64(47-28-21-43(22-29-47)41-13-5-3-6-14-41)48-30-23-44(24-31-48)45-25-32-49(33-26-45)65-58-19-11-9-18-55(58)61-59(65)38-37-54-53-17-10-12-20-60(53)66-62(54)61/h3-40H,1-2H3. The highest BCUT2D eigenvalue weighted by atomic mass is 16.3. The fourth-order valence-electron chi connectivity index (χ4n) is 10.7. The molecule has 0 amide bonds. The summed E-state index contributed by atoms with van der Waals surface area (Å²) < 4.78 is 8.91. The van der Waals surface area contributed by atoms with Crippen LogP contribution in [0.15, 0.2) is 235 Å². The third-order valence-corrected chi connectivity index (χ3v) is 14.0. The quantitative estimate of drug-likeness (QED) is 0.159. The van der Waals surface area contributed by atoms with E-state index in [1.165, 1.54) is 49.9 Å². The van der Waals surface area contributed by atoms with E-state index in [1.807, 2.05) is 6.07 Å². The first kappa shape index (κ1) is 38.1. The van der Waals surface area contributed by atoms with Gasteiger partial charge >= 0.3 is 0 Å². The Labute approximate surface area is 384 Å². The molecule has 2 heterocycles. The number of anilines is 3. The second kappa shape index (κ2) is 14.8. The monoisotopic (exact) mass is 844 g/mol. The summed E-state index contributed by atoms with van der Waals surface area (Å²) in [5.74, 6) is 0. The number of hydrogen-bond acceptors (Lipinski definition) is 2. The summed E-state index contributed by atoms with van der Waals surface area (Å²) in [7, 11) is 0. The molecule has 0 spiro atoms. The van der Waals surface area contributed by atoms with E-state index in [2.05, 4.69) is 248 Å². The Morgan fingerprint density at radius 2 is 0.879 bits per heavy atom. The molecule has 12 aromatic rings. The second-order valence-electron chi connectivity index (χ2n) is 18.1. The number of para-hydroxylation sites is 2. The van der Waals surface area contributed by atoms with Crippen LogP contribution in [0.25, 0.3) is 93.9 Å². The summed E-state index contributed by atoms with van der Waals surface area (Å²) in [6.07, 6.45) is 0. The molecular weight excluding hydrogens is 801 g/mol. The highest BCUT2D eigenvalue weighted by Gasteiger charge is 2.36. The van der Waals surface area contributed by atoms with E-state index in [9.17, 15) is 0 Å². The Morgan fingerprint density at radius 1 is 0.379 bits per heavy atom. The van der Waals surface area contributed by atoms with Crippen molar-refractivity contribution >= 4 is 60.8 Å². The van der Waals surface area contributed by atoms with Gasteiger partial charge in [0.1, 0.15) is 11.2 Å². The molecule has 0 saturated carbocycles. The minimum absolute atomic E-state index is 0.177. The average Bonchev–Trinajstić information content (AvgIpc) is 4.00. The van der Waals surface area contributed by atoms with E-state index in [-0.39, 0.29) is 5.41 Å². The summed E-state index contributed by atoms with van der Waals surface area (Å²) in [6, 6.07) is 83.8. The van der Waals surface area contributed by atoms with Crippen molar-refractivity contribution in [1.29, 1.82) is 0 Å². The molecule has 0 saturated heterocycles. The van der Waals surface area contributed by atoms with Crippen molar-refractivity contribution < 1.29 is 4.42 Å². The first-order valence-electron chi connectivity index (χ1n) is 22.8. The van der Waals surface area contributed by atoms with Crippen LogP contribution in [0.4, 0.5) is 17.1 Å². The summed E-state index contributed by atoms with van der Waals surface area (Å²) in [5.41, 5.74) is 21.0. The topological polar surface area (TPSA) is 21.3 Å². The van der Waals surface area contributed by atoms with E-state index < -0.39 is 0 Å². The van der Waals surface area contributed by atoms with Gasteiger partial charge in [0.25, 0.3) is 0 Å². The molecule has 3 heteroatoms. The molecule has 2 aromatic heterocycles. The third kappa shape index (κ3) is 5.97. The van der Waals surface area contributed by atoms with E-state index in [1.54, 1.807) is 0 Å². The zero-order chi connectivity index (χ0) is 43.9. The van der Waals surface area contributed by atoms with Gasteiger partial charge in [0.2, 0.25) is 0 Å². The number of fused-ring (bicyclic) bond motifs is 10. The maximum atomic E-state index is 6.55. The summed E-state index contributed by atoms with van der Waals surface area (Å²) in [5, 5.41) is 4.62. The number of benzene rings is 10. The van der Waals surface area contributed by atoms with Gasteiger partial charge in [-0.05, 0) is 134 Å². The van der Waals surface area contributed by atoms with Crippen molar-refractivity contribution in [3.05, 3.63) is 242 Å². The molecular formula is C63H44N2O. The molecule has 312 valence electrons. The molecule has 66 heavy (non-hydrogen) atoms. The van der Waals surface area contributed by atoms with E-state index in [4.69, 9.17) is 4.42 Å². The number of rotatable bonds is 7. The van der Waals surface area contributed by atoms with Crippen molar-refractivity contribution in [3.8, 4) is 50.2 Å². The largest absolute Gasteiger partial charge is 0.455 e. The molecule has 1 aliphatic rings. The maximum absolute atomic E-state index is 6.55. The normalized spacial score (nSPS) is 12.8. The fraction of sp³-hybridized carbons (Fsp3) is 0.0476. The van der Waals surface area contributed by atoms with Crippen LogP contribution in [0.2, 0.25) is 0 Å². The highest BCUT2D eigenvalue weighted by molar-refractivity contribution is 6.23. The van der Waals surface area contributed by atoms with Crippen molar-refractivity contribution in [1.82, 2.24) is 4.57 Å². The Balaban J connectivity index is 0.868. The van der Waals surface area contributed by atoms with Crippen LogP contribution in [0.5, 0.6) is 0 Å². The summed E-state index contributed by atoms with van der Waals surface area (Å²) in [4.78, 5) is 2.40. The summed E-state index contributed by atoms with van der Waals surface area (Å²) in [6.45, 7) is 4.74. The van der Waals surface area contributed by atoms with E-state index in [0.29, 0.717) is 0 Å². The lowest BCUT2D eigenvalue weighted by molar-refractivity contribution is 0.660. The van der Waals surface area contributed by atoms with Gasteiger partial charge in [-0.15, -0.1) is 0 Å². The minimum Gasteiger partial charge on any atom is -0.455 e. The van der Waals surface area contributed by atoms with Crippen LogP contribution in [0.1, 0.15) is 25.0 Å². The van der Waals surface area contributed by atoms with Gasteiger partial charge in [-0.25, -0.2) is 0 Å². The van der Waals surface area contributed by atoms with Crippen LogP contribution in [0, 0.1) is 0 Å². The van der Waals surface area contributed by atoms with Crippen molar-refractivity contribution in [2.75, 3.05) is 4.90 Å². The molecule has 0 N–H and O–H groups in total. The van der Waals surface area contributed by atoms with Crippen molar-refractivity contribution in [3.63, 3.8) is 0 Å². The van der Waals surface area contributed by atoms with Gasteiger partial charge in [0.15, 0.2) is 0 Å².